The fourth-order valence-corrected chi connectivity index (χ4v) is 5.54. The molecule has 2 fully saturated rings. The number of para-hydroxylation sites is 1. The van der Waals surface area contributed by atoms with Crippen LogP contribution in [0.3, 0.4) is 0 Å². The van der Waals surface area contributed by atoms with E-state index in [1.54, 1.807) is 0 Å². The second-order valence-corrected chi connectivity index (χ2v) is 9.44. The van der Waals surface area contributed by atoms with Crippen molar-refractivity contribution in [2.24, 2.45) is 5.92 Å². The van der Waals surface area contributed by atoms with Gasteiger partial charge in [0.15, 0.2) is 0 Å². The highest BCUT2D eigenvalue weighted by atomic mass is 32.2. The molecule has 0 radical (unpaired) electrons. The molecule has 3 amide bonds. The van der Waals surface area contributed by atoms with Gasteiger partial charge in [0.25, 0.3) is 0 Å². The molecule has 1 atom stereocenters. The molecule has 156 valence electrons. The van der Waals surface area contributed by atoms with Gasteiger partial charge >= 0.3 is 0 Å². The van der Waals surface area contributed by atoms with Crippen LogP contribution in [0.1, 0.15) is 44.9 Å². The minimum absolute atomic E-state index is 0.0118. The number of nitrogens with one attached hydrogen (secondary N) is 1. The third-order valence-corrected chi connectivity index (χ3v) is 7.46. The van der Waals surface area contributed by atoms with Gasteiger partial charge in [-0.05, 0) is 37.8 Å². The number of anilines is 1. The van der Waals surface area contributed by atoms with E-state index >= 15 is 0 Å². The molecular formula is C22H29N3O3S. The Kier molecular flexibility index (Phi) is 6.43. The molecule has 3 aliphatic heterocycles. The van der Waals surface area contributed by atoms with E-state index in [-0.39, 0.29) is 30.1 Å². The van der Waals surface area contributed by atoms with E-state index < -0.39 is 5.25 Å². The Morgan fingerprint density at radius 2 is 1.66 bits per heavy atom. The van der Waals surface area contributed by atoms with Crippen molar-refractivity contribution in [3.8, 4) is 0 Å². The number of fused-ring (bicyclic) bond motifs is 1. The van der Waals surface area contributed by atoms with Crippen LogP contribution in [0.15, 0.2) is 29.2 Å². The number of piperidine rings is 1. The van der Waals surface area contributed by atoms with Crippen molar-refractivity contribution in [2.45, 2.75) is 55.1 Å². The molecule has 3 heterocycles. The minimum Gasteiger partial charge on any atom is -0.343 e. The lowest BCUT2D eigenvalue weighted by Crippen LogP contribution is -2.45. The third kappa shape index (κ3) is 4.77. The maximum Gasteiger partial charge on any atom is 0.238 e. The normalized spacial score (nSPS) is 23.2. The van der Waals surface area contributed by atoms with Crippen LogP contribution in [-0.4, -0.2) is 59.0 Å². The topological polar surface area (TPSA) is 69.7 Å². The van der Waals surface area contributed by atoms with Gasteiger partial charge in [0, 0.05) is 43.4 Å². The SMILES string of the molecule is O=C1Nc2ccccc2S[C@@H]1CC(=O)N1CCC(C(=O)N2CCCCCC2)CC1. The quantitative estimate of drug-likeness (QED) is 0.823. The molecule has 0 spiro atoms. The van der Waals surface area contributed by atoms with Crippen LogP contribution in [0.4, 0.5) is 5.69 Å². The largest absolute Gasteiger partial charge is 0.343 e. The van der Waals surface area contributed by atoms with Crippen LogP contribution >= 0.6 is 11.8 Å². The number of nitrogens with zero attached hydrogens (tertiary/aromatic N) is 2. The lowest BCUT2D eigenvalue weighted by Gasteiger charge is -2.35. The molecule has 7 heteroatoms. The van der Waals surface area contributed by atoms with E-state index in [4.69, 9.17) is 0 Å². The number of amides is 3. The van der Waals surface area contributed by atoms with Crippen LogP contribution in [0.2, 0.25) is 0 Å². The third-order valence-electron chi connectivity index (χ3n) is 6.18. The molecule has 6 nitrogen and oxygen atoms in total. The Labute approximate surface area is 176 Å². The molecule has 4 rings (SSSR count). The number of carbonyl (C=O) groups excluding carboxylic acids is 3. The van der Waals surface area contributed by atoms with Crippen molar-refractivity contribution in [1.29, 1.82) is 0 Å². The molecule has 2 saturated heterocycles. The van der Waals surface area contributed by atoms with E-state index in [2.05, 4.69) is 5.32 Å². The molecule has 0 saturated carbocycles. The van der Waals surface area contributed by atoms with Gasteiger partial charge in [0.05, 0.1) is 10.9 Å². The van der Waals surface area contributed by atoms with Gasteiger partial charge in [-0.15, -0.1) is 11.8 Å². The first kappa shape index (κ1) is 20.3. The van der Waals surface area contributed by atoms with Crippen LogP contribution in [0, 0.1) is 5.92 Å². The van der Waals surface area contributed by atoms with Gasteiger partial charge in [0.1, 0.15) is 0 Å². The van der Waals surface area contributed by atoms with Crippen LogP contribution in [-0.2, 0) is 14.4 Å². The fraction of sp³-hybridized carbons (Fsp3) is 0.591. The maximum absolute atomic E-state index is 12.8. The highest BCUT2D eigenvalue weighted by Gasteiger charge is 2.34. The summed E-state index contributed by atoms with van der Waals surface area (Å²) in [6.45, 7) is 2.98. The van der Waals surface area contributed by atoms with E-state index in [1.807, 2.05) is 34.1 Å². The first-order valence-corrected chi connectivity index (χ1v) is 11.6. The van der Waals surface area contributed by atoms with Gasteiger partial charge in [-0.25, -0.2) is 0 Å². The lowest BCUT2D eigenvalue weighted by atomic mass is 9.94. The first-order valence-electron chi connectivity index (χ1n) is 10.7. The second-order valence-electron chi connectivity index (χ2n) is 8.19. The summed E-state index contributed by atoms with van der Waals surface area (Å²) < 4.78 is 0. The van der Waals surface area contributed by atoms with Crippen molar-refractivity contribution in [3.05, 3.63) is 24.3 Å². The van der Waals surface area contributed by atoms with Crippen LogP contribution in [0.5, 0.6) is 0 Å². The molecule has 29 heavy (non-hydrogen) atoms. The van der Waals surface area contributed by atoms with Crippen molar-refractivity contribution >= 4 is 35.2 Å². The van der Waals surface area contributed by atoms with Gasteiger partial charge < -0.3 is 15.1 Å². The smallest absolute Gasteiger partial charge is 0.238 e. The van der Waals surface area contributed by atoms with Crippen molar-refractivity contribution in [2.75, 3.05) is 31.5 Å². The van der Waals surface area contributed by atoms with E-state index in [1.165, 1.54) is 24.6 Å². The summed E-state index contributed by atoms with van der Waals surface area (Å²) in [5.41, 5.74) is 0.819. The van der Waals surface area contributed by atoms with Crippen LogP contribution < -0.4 is 5.32 Å². The van der Waals surface area contributed by atoms with Crippen molar-refractivity contribution in [1.82, 2.24) is 9.80 Å². The van der Waals surface area contributed by atoms with Crippen LogP contribution in [0.25, 0.3) is 0 Å². The average molecular weight is 416 g/mol. The predicted molar refractivity (Wildman–Crippen MR) is 114 cm³/mol. The molecule has 0 unspecified atom stereocenters. The Morgan fingerprint density at radius 3 is 2.38 bits per heavy atom. The number of carbonyl (C=O) groups is 3. The van der Waals surface area contributed by atoms with E-state index in [9.17, 15) is 14.4 Å². The first-order chi connectivity index (χ1) is 14.1. The Morgan fingerprint density at radius 1 is 0.966 bits per heavy atom. The summed E-state index contributed by atoms with van der Waals surface area (Å²) in [5.74, 6) is 0.222. The monoisotopic (exact) mass is 415 g/mol. The standard InChI is InChI=1S/C22H29N3O3S/c26-20(15-19-21(27)23-17-7-3-4-8-18(17)29-19)24-13-9-16(10-14-24)22(28)25-11-5-1-2-6-12-25/h3-4,7-8,16,19H,1-2,5-6,9-15H2,(H,23,27)/t19-/m1/s1. The molecule has 1 aromatic rings. The average Bonchev–Trinajstić information content (AvgIpc) is 3.03. The van der Waals surface area contributed by atoms with Crippen molar-refractivity contribution in [3.63, 3.8) is 0 Å². The lowest BCUT2D eigenvalue weighted by molar-refractivity contribution is -0.140. The summed E-state index contributed by atoms with van der Waals surface area (Å²) in [7, 11) is 0. The molecular weight excluding hydrogens is 386 g/mol. The number of benzene rings is 1. The second kappa shape index (κ2) is 9.20. The zero-order chi connectivity index (χ0) is 20.2. The predicted octanol–water partition coefficient (Wildman–Crippen LogP) is 3.13. The van der Waals surface area contributed by atoms with Gasteiger partial charge in [-0.2, -0.15) is 0 Å². The van der Waals surface area contributed by atoms with Crippen molar-refractivity contribution < 1.29 is 14.4 Å². The number of likely N-dealkylation sites (tertiary alicyclic amines) is 2. The maximum atomic E-state index is 12.8. The Hall–Kier alpha value is -2.02. The highest BCUT2D eigenvalue weighted by molar-refractivity contribution is 8.01. The van der Waals surface area contributed by atoms with E-state index in [0.717, 1.165) is 49.4 Å². The Balaban J connectivity index is 1.28. The minimum atomic E-state index is -0.395. The van der Waals surface area contributed by atoms with Gasteiger partial charge in [-0.1, -0.05) is 25.0 Å². The summed E-state index contributed by atoms with van der Waals surface area (Å²) >= 11 is 1.46. The zero-order valence-electron chi connectivity index (χ0n) is 16.8. The number of rotatable bonds is 3. The molecule has 0 bridgehead atoms. The molecule has 1 N–H and O–H groups in total. The summed E-state index contributed by atoms with van der Waals surface area (Å²) in [6, 6.07) is 7.68. The summed E-state index contributed by atoms with van der Waals surface area (Å²) in [6.07, 6.45) is 6.31. The van der Waals surface area contributed by atoms with Gasteiger partial charge in [-0.3, -0.25) is 14.4 Å². The molecule has 0 aromatic heterocycles. The zero-order valence-corrected chi connectivity index (χ0v) is 17.6. The highest BCUT2D eigenvalue weighted by Crippen LogP contribution is 2.37. The molecule has 0 aliphatic carbocycles. The number of hydrogen-bond acceptors (Lipinski definition) is 4. The molecule has 3 aliphatic rings. The number of hydrogen-bond donors (Lipinski definition) is 1. The number of thioether (sulfide) groups is 1. The fourth-order valence-electron chi connectivity index (χ4n) is 4.44. The summed E-state index contributed by atoms with van der Waals surface area (Å²) in [4.78, 5) is 42.9. The molecule has 1 aromatic carbocycles. The summed E-state index contributed by atoms with van der Waals surface area (Å²) in [5, 5.41) is 2.51. The Bertz CT molecular complexity index is 768. The van der Waals surface area contributed by atoms with Gasteiger partial charge in [0.2, 0.25) is 17.7 Å². The van der Waals surface area contributed by atoms with E-state index in [0.29, 0.717) is 13.1 Å².